The maximum Gasteiger partial charge on any atom is 0.0468 e. The quantitative estimate of drug-likeness (QED) is 0.745. The van der Waals surface area contributed by atoms with Crippen molar-refractivity contribution >= 4 is 17.0 Å². The Bertz CT molecular complexity index is 253. The van der Waals surface area contributed by atoms with Crippen LogP contribution in [-0.4, -0.2) is 6.54 Å². The van der Waals surface area contributed by atoms with Crippen LogP contribution in [0.3, 0.4) is 0 Å². The Labute approximate surface area is 76.8 Å². The van der Waals surface area contributed by atoms with Gasteiger partial charge in [0, 0.05) is 17.1 Å². The van der Waals surface area contributed by atoms with E-state index in [2.05, 4.69) is 5.32 Å². The fourth-order valence-corrected chi connectivity index (χ4v) is 1.97. The second-order valence-electron chi connectivity index (χ2n) is 3.37. The molecule has 12 heavy (non-hydrogen) atoms. The molecule has 1 aromatic heterocycles. The largest absolute Gasteiger partial charge is 0.398 e. The summed E-state index contributed by atoms with van der Waals surface area (Å²) in [6, 6.07) is 1.97. The van der Waals surface area contributed by atoms with Gasteiger partial charge in [-0.05, 0) is 36.8 Å². The zero-order chi connectivity index (χ0) is 8.39. The van der Waals surface area contributed by atoms with Crippen LogP contribution in [0.5, 0.6) is 0 Å². The van der Waals surface area contributed by atoms with Gasteiger partial charge in [-0.25, -0.2) is 0 Å². The number of nitrogens with one attached hydrogen (secondary N) is 1. The van der Waals surface area contributed by atoms with Crippen molar-refractivity contribution in [1.82, 2.24) is 5.32 Å². The van der Waals surface area contributed by atoms with E-state index in [0.717, 1.165) is 24.7 Å². The van der Waals surface area contributed by atoms with Gasteiger partial charge in [0.15, 0.2) is 0 Å². The molecule has 0 saturated heterocycles. The zero-order valence-electron chi connectivity index (χ0n) is 7.05. The summed E-state index contributed by atoms with van der Waals surface area (Å²) in [5.41, 5.74) is 6.68. The Kier molecular flexibility index (Phi) is 2.33. The molecule has 3 N–H and O–H groups in total. The lowest BCUT2D eigenvalue weighted by molar-refractivity contribution is 0.644. The van der Waals surface area contributed by atoms with Gasteiger partial charge < -0.3 is 11.1 Å². The molecule has 0 amide bonds. The predicted octanol–water partition coefficient (Wildman–Crippen LogP) is 1.83. The van der Waals surface area contributed by atoms with Crippen molar-refractivity contribution in [2.75, 3.05) is 12.3 Å². The van der Waals surface area contributed by atoms with Gasteiger partial charge in [0.05, 0.1) is 0 Å². The van der Waals surface area contributed by atoms with Gasteiger partial charge in [0.1, 0.15) is 0 Å². The van der Waals surface area contributed by atoms with Gasteiger partial charge >= 0.3 is 0 Å². The first-order valence-electron chi connectivity index (χ1n) is 4.39. The van der Waals surface area contributed by atoms with E-state index < -0.39 is 0 Å². The lowest BCUT2D eigenvalue weighted by Crippen LogP contribution is -2.15. The fourth-order valence-electron chi connectivity index (χ4n) is 1.21. The molecule has 1 fully saturated rings. The summed E-state index contributed by atoms with van der Waals surface area (Å²) in [7, 11) is 0. The number of thiophene rings is 1. The molecular formula is C9H14N2S. The molecule has 0 atom stereocenters. The number of anilines is 1. The average Bonchev–Trinajstić information content (AvgIpc) is 2.78. The molecule has 2 nitrogen and oxygen atoms in total. The molecule has 3 heteroatoms. The Morgan fingerprint density at radius 1 is 1.58 bits per heavy atom. The summed E-state index contributed by atoms with van der Waals surface area (Å²) in [6.45, 7) is 2.11. The van der Waals surface area contributed by atoms with Gasteiger partial charge in [-0.1, -0.05) is 0 Å². The molecule has 0 aromatic carbocycles. The number of hydrogen-bond acceptors (Lipinski definition) is 3. The van der Waals surface area contributed by atoms with Crippen LogP contribution in [0.2, 0.25) is 0 Å². The third kappa shape index (κ3) is 1.99. The smallest absolute Gasteiger partial charge is 0.0468 e. The van der Waals surface area contributed by atoms with Gasteiger partial charge in [-0.3, -0.25) is 0 Å². The Balaban J connectivity index is 1.75. The van der Waals surface area contributed by atoms with E-state index in [1.54, 1.807) is 11.3 Å². The van der Waals surface area contributed by atoms with Crippen molar-refractivity contribution in [2.24, 2.45) is 5.92 Å². The van der Waals surface area contributed by atoms with Gasteiger partial charge in [-0.15, -0.1) is 11.3 Å². The third-order valence-electron chi connectivity index (χ3n) is 2.20. The van der Waals surface area contributed by atoms with E-state index >= 15 is 0 Å². The number of nitrogens with two attached hydrogens (primary N) is 1. The number of hydrogen-bond donors (Lipinski definition) is 2. The summed E-state index contributed by atoms with van der Waals surface area (Å²) >= 11 is 1.73. The zero-order valence-corrected chi connectivity index (χ0v) is 7.86. The molecular weight excluding hydrogens is 168 g/mol. The van der Waals surface area contributed by atoms with Crippen molar-refractivity contribution in [3.63, 3.8) is 0 Å². The SMILES string of the molecule is Nc1ccsc1CNCC1CC1. The topological polar surface area (TPSA) is 38.0 Å². The minimum atomic E-state index is 0.934. The fraction of sp³-hybridized carbons (Fsp3) is 0.556. The number of nitrogen functional groups attached to an aromatic ring is 1. The summed E-state index contributed by atoms with van der Waals surface area (Å²) in [6.07, 6.45) is 2.82. The molecule has 0 aliphatic heterocycles. The first-order chi connectivity index (χ1) is 5.86. The van der Waals surface area contributed by atoms with Crippen molar-refractivity contribution < 1.29 is 0 Å². The summed E-state index contributed by atoms with van der Waals surface area (Å²) in [5.74, 6) is 0.950. The summed E-state index contributed by atoms with van der Waals surface area (Å²) in [5, 5.41) is 5.47. The Morgan fingerprint density at radius 3 is 3.00 bits per heavy atom. The van der Waals surface area contributed by atoms with Crippen LogP contribution in [0, 0.1) is 5.92 Å². The van der Waals surface area contributed by atoms with E-state index in [1.165, 1.54) is 17.7 Å². The highest BCUT2D eigenvalue weighted by molar-refractivity contribution is 7.10. The average molecular weight is 182 g/mol. The van der Waals surface area contributed by atoms with Crippen LogP contribution in [0.4, 0.5) is 5.69 Å². The first kappa shape index (κ1) is 8.08. The molecule has 66 valence electrons. The molecule has 1 aliphatic carbocycles. The van der Waals surface area contributed by atoms with Crippen LogP contribution < -0.4 is 11.1 Å². The minimum Gasteiger partial charge on any atom is -0.398 e. The molecule has 1 saturated carbocycles. The summed E-state index contributed by atoms with van der Waals surface area (Å²) < 4.78 is 0. The van der Waals surface area contributed by atoms with E-state index in [9.17, 15) is 0 Å². The lowest BCUT2D eigenvalue weighted by atomic mass is 10.3. The van der Waals surface area contributed by atoms with Crippen LogP contribution in [0.25, 0.3) is 0 Å². The summed E-state index contributed by atoms with van der Waals surface area (Å²) in [4.78, 5) is 1.27. The monoisotopic (exact) mass is 182 g/mol. The van der Waals surface area contributed by atoms with Crippen LogP contribution >= 0.6 is 11.3 Å². The van der Waals surface area contributed by atoms with E-state index in [4.69, 9.17) is 5.73 Å². The minimum absolute atomic E-state index is 0.934. The molecule has 0 bridgehead atoms. The second-order valence-corrected chi connectivity index (χ2v) is 4.37. The third-order valence-corrected chi connectivity index (χ3v) is 3.13. The van der Waals surface area contributed by atoms with E-state index in [1.807, 2.05) is 11.4 Å². The van der Waals surface area contributed by atoms with Crippen molar-refractivity contribution in [3.05, 3.63) is 16.3 Å². The molecule has 1 heterocycles. The van der Waals surface area contributed by atoms with Gasteiger partial charge in [-0.2, -0.15) is 0 Å². The van der Waals surface area contributed by atoms with Crippen LogP contribution in [-0.2, 0) is 6.54 Å². The highest BCUT2D eigenvalue weighted by Crippen LogP contribution is 2.28. The Morgan fingerprint density at radius 2 is 2.42 bits per heavy atom. The van der Waals surface area contributed by atoms with Crippen molar-refractivity contribution in [1.29, 1.82) is 0 Å². The Hall–Kier alpha value is -0.540. The lowest BCUT2D eigenvalue weighted by Gasteiger charge is -2.01. The standard InChI is InChI=1S/C9H14N2S/c10-8-3-4-12-9(8)6-11-5-7-1-2-7/h3-4,7,11H,1-2,5-6,10H2. The molecule has 0 unspecified atom stereocenters. The van der Waals surface area contributed by atoms with Crippen molar-refractivity contribution in [3.8, 4) is 0 Å². The first-order valence-corrected chi connectivity index (χ1v) is 5.27. The molecule has 1 aliphatic rings. The van der Waals surface area contributed by atoms with Crippen LogP contribution in [0.15, 0.2) is 11.4 Å². The van der Waals surface area contributed by atoms with E-state index in [0.29, 0.717) is 0 Å². The maximum atomic E-state index is 5.74. The van der Waals surface area contributed by atoms with Gasteiger partial charge in [0.25, 0.3) is 0 Å². The van der Waals surface area contributed by atoms with Crippen LogP contribution in [0.1, 0.15) is 17.7 Å². The van der Waals surface area contributed by atoms with Crippen molar-refractivity contribution in [2.45, 2.75) is 19.4 Å². The molecule has 1 aromatic rings. The second kappa shape index (κ2) is 3.46. The van der Waals surface area contributed by atoms with E-state index in [-0.39, 0.29) is 0 Å². The number of rotatable bonds is 4. The molecule has 2 rings (SSSR count). The van der Waals surface area contributed by atoms with Gasteiger partial charge in [0.2, 0.25) is 0 Å². The molecule has 0 spiro atoms. The highest BCUT2D eigenvalue weighted by Gasteiger charge is 2.20. The maximum absolute atomic E-state index is 5.74. The molecule has 0 radical (unpaired) electrons. The predicted molar refractivity (Wildman–Crippen MR) is 53.2 cm³/mol. The highest BCUT2D eigenvalue weighted by atomic mass is 32.1. The normalized spacial score (nSPS) is 16.7.